The molecule has 17 heavy (non-hydrogen) atoms. The molecule has 0 bridgehead atoms. The number of nitrogens with two attached hydrogens (primary N) is 1. The summed E-state index contributed by atoms with van der Waals surface area (Å²) in [7, 11) is 0. The summed E-state index contributed by atoms with van der Waals surface area (Å²) in [6, 6.07) is 5.04. The molecule has 1 rings (SSSR count). The highest BCUT2D eigenvalue weighted by Gasteiger charge is 2.22. The van der Waals surface area contributed by atoms with Crippen molar-refractivity contribution in [2.24, 2.45) is 5.73 Å². The van der Waals surface area contributed by atoms with Crippen LogP contribution in [0.15, 0.2) is 18.2 Å². The van der Waals surface area contributed by atoms with E-state index in [0.29, 0.717) is 5.56 Å². The Balaban J connectivity index is 3.15. The van der Waals surface area contributed by atoms with Crippen LogP contribution in [0.3, 0.4) is 0 Å². The molecule has 0 aromatic heterocycles. The Morgan fingerprint density at radius 1 is 1.24 bits per heavy atom. The van der Waals surface area contributed by atoms with Crippen LogP contribution in [-0.2, 0) is 5.41 Å². The molecule has 5 N–H and O–H groups in total. The highest BCUT2D eigenvalue weighted by atomic mass is 16.3. The van der Waals surface area contributed by atoms with E-state index >= 15 is 0 Å². The maximum absolute atomic E-state index is 9.87. The van der Waals surface area contributed by atoms with Crippen molar-refractivity contribution in [3.05, 3.63) is 29.3 Å². The van der Waals surface area contributed by atoms with Crippen LogP contribution in [-0.4, -0.2) is 28.0 Å². The zero-order chi connectivity index (χ0) is 13.2. The summed E-state index contributed by atoms with van der Waals surface area (Å²) >= 11 is 0. The molecule has 4 nitrogen and oxygen atoms in total. The zero-order valence-electron chi connectivity index (χ0n) is 10.5. The van der Waals surface area contributed by atoms with E-state index in [-0.39, 0.29) is 17.7 Å². The largest absolute Gasteiger partial charge is 0.508 e. The monoisotopic (exact) mass is 239 g/mol. The van der Waals surface area contributed by atoms with E-state index in [1.807, 2.05) is 20.8 Å². The van der Waals surface area contributed by atoms with Crippen molar-refractivity contribution in [1.82, 2.24) is 0 Å². The number of aliphatic hydroxyl groups is 2. The summed E-state index contributed by atoms with van der Waals surface area (Å²) in [5, 5.41) is 29.1. The highest BCUT2D eigenvalue weighted by Crippen LogP contribution is 2.31. The molecule has 1 aromatic rings. The molecule has 0 radical (unpaired) electrons. The Morgan fingerprint density at radius 3 is 2.29 bits per heavy atom. The minimum absolute atomic E-state index is 0.0296. The van der Waals surface area contributed by atoms with Crippen LogP contribution in [0, 0.1) is 0 Å². The molecule has 2 atom stereocenters. The second-order valence-electron chi connectivity index (χ2n) is 5.27. The van der Waals surface area contributed by atoms with Crippen LogP contribution in [0.25, 0.3) is 0 Å². The van der Waals surface area contributed by atoms with Crippen molar-refractivity contribution in [3.63, 3.8) is 0 Å². The number of hydrogen-bond acceptors (Lipinski definition) is 4. The predicted molar refractivity (Wildman–Crippen MR) is 66.8 cm³/mol. The van der Waals surface area contributed by atoms with Crippen LogP contribution in [0.4, 0.5) is 0 Å². The van der Waals surface area contributed by atoms with Crippen molar-refractivity contribution >= 4 is 0 Å². The SMILES string of the molecule is CC(C)(C)c1ccc(O)c(C(O)C(O)CN)c1. The first-order chi connectivity index (χ1) is 7.77. The van der Waals surface area contributed by atoms with Crippen molar-refractivity contribution in [1.29, 1.82) is 0 Å². The minimum Gasteiger partial charge on any atom is -0.508 e. The average Bonchev–Trinajstić information content (AvgIpc) is 2.26. The summed E-state index contributed by atoms with van der Waals surface area (Å²) in [4.78, 5) is 0. The first-order valence-corrected chi connectivity index (χ1v) is 5.67. The smallest absolute Gasteiger partial charge is 0.121 e. The second-order valence-corrected chi connectivity index (χ2v) is 5.27. The van der Waals surface area contributed by atoms with Gasteiger partial charge in [-0.15, -0.1) is 0 Å². The van der Waals surface area contributed by atoms with Crippen molar-refractivity contribution < 1.29 is 15.3 Å². The van der Waals surface area contributed by atoms with Crippen molar-refractivity contribution in [2.45, 2.75) is 38.4 Å². The molecule has 0 saturated heterocycles. The molecule has 0 aliphatic heterocycles. The van der Waals surface area contributed by atoms with Gasteiger partial charge < -0.3 is 21.1 Å². The van der Waals surface area contributed by atoms with Gasteiger partial charge in [-0.3, -0.25) is 0 Å². The Labute approximate surface area is 102 Å². The molecule has 0 heterocycles. The lowest BCUT2D eigenvalue weighted by molar-refractivity contribution is 0.0229. The van der Waals surface area contributed by atoms with Crippen molar-refractivity contribution in [3.8, 4) is 5.75 Å². The number of benzene rings is 1. The lowest BCUT2D eigenvalue weighted by Crippen LogP contribution is -2.27. The number of phenols is 1. The summed E-state index contributed by atoms with van der Waals surface area (Å²) in [6.07, 6.45) is -2.24. The summed E-state index contributed by atoms with van der Waals surface area (Å²) in [5.74, 6) is -0.0296. The third-order valence-electron chi connectivity index (χ3n) is 2.82. The molecule has 2 unspecified atom stereocenters. The van der Waals surface area contributed by atoms with Crippen LogP contribution in [0.5, 0.6) is 5.75 Å². The number of rotatable bonds is 3. The van der Waals surface area contributed by atoms with E-state index in [1.54, 1.807) is 12.1 Å². The van der Waals surface area contributed by atoms with Gasteiger partial charge in [-0.25, -0.2) is 0 Å². The topological polar surface area (TPSA) is 86.7 Å². The van der Waals surface area contributed by atoms with E-state index in [0.717, 1.165) is 5.56 Å². The maximum atomic E-state index is 9.87. The van der Waals surface area contributed by atoms with Crippen molar-refractivity contribution in [2.75, 3.05) is 6.54 Å². The third kappa shape index (κ3) is 3.19. The maximum Gasteiger partial charge on any atom is 0.121 e. The Kier molecular flexibility index (Phi) is 4.14. The molecule has 0 fully saturated rings. The summed E-state index contributed by atoms with van der Waals surface area (Å²) in [5.41, 5.74) is 6.50. The third-order valence-corrected chi connectivity index (χ3v) is 2.82. The van der Waals surface area contributed by atoms with Gasteiger partial charge >= 0.3 is 0 Å². The van der Waals surface area contributed by atoms with Crippen LogP contribution in [0.2, 0.25) is 0 Å². The van der Waals surface area contributed by atoms with E-state index in [1.165, 1.54) is 6.07 Å². The van der Waals surface area contributed by atoms with E-state index < -0.39 is 12.2 Å². The standard InChI is InChI=1S/C13H21NO3/c1-13(2,3)8-4-5-10(15)9(6-8)12(17)11(16)7-14/h4-6,11-12,15-17H,7,14H2,1-3H3. The molecule has 96 valence electrons. The normalized spacial score (nSPS) is 15.6. The van der Waals surface area contributed by atoms with Crippen LogP contribution < -0.4 is 5.73 Å². The first kappa shape index (κ1) is 14.0. The fraction of sp³-hybridized carbons (Fsp3) is 0.538. The van der Waals surface area contributed by atoms with Crippen LogP contribution >= 0.6 is 0 Å². The van der Waals surface area contributed by atoms with Crippen LogP contribution in [0.1, 0.15) is 38.0 Å². The van der Waals surface area contributed by atoms with Gasteiger partial charge in [0, 0.05) is 12.1 Å². The number of phenolic OH excluding ortho intramolecular Hbond substituents is 1. The van der Waals surface area contributed by atoms with E-state index in [4.69, 9.17) is 5.73 Å². The predicted octanol–water partition coefficient (Wildman–Crippen LogP) is 1.04. The summed E-state index contributed by atoms with van der Waals surface area (Å²) < 4.78 is 0. The van der Waals surface area contributed by atoms with Gasteiger partial charge in [-0.05, 0) is 23.1 Å². The van der Waals surface area contributed by atoms with Gasteiger partial charge in [0.25, 0.3) is 0 Å². The molecule has 0 aliphatic rings. The van der Waals surface area contributed by atoms with E-state index in [2.05, 4.69) is 0 Å². The fourth-order valence-corrected chi connectivity index (χ4v) is 1.59. The Morgan fingerprint density at radius 2 is 1.82 bits per heavy atom. The molecule has 0 saturated carbocycles. The summed E-state index contributed by atoms with van der Waals surface area (Å²) in [6.45, 7) is 6.05. The lowest BCUT2D eigenvalue weighted by Gasteiger charge is -2.23. The molecule has 0 spiro atoms. The molecule has 0 amide bonds. The Hall–Kier alpha value is -1.10. The number of hydrogen-bond donors (Lipinski definition) is 4. The zero-order valence-corrected chi connectivity index (χ0v) is 10.5. The quantitative estimate of drug-likeness (QED) is 0.635. The number of aromatic hydroxyl groups is 1. The lowest BCUT2D eigenvalue weighted by atomic mass is 9.85. The fourth-order valence-electron chi connectivity index (χ4n) is 1.59. The van der Waals surface area contributed by atoms with Gasteiger partial charge in [0.2, 0.25) is 0 Å². The molecular weight excluding hydrogens is 218 g/mol. The van der Waals surface area contributed by atoms with Gasteiger partial charge in [-0.1, -0.05) is 26.8 Å². The van der Waals surface area contributed by atoms with Gasteiger partial charge in [0.15, 0.2) is 0 Å². The van der Waals surface area contributed by atoms with Gasteiger partial charge in [-0.2, -0.15) is 0 Å². The Bertz CT molecular complexity index is 385. The highest BCUT2D eigenvalue weighted by molar-refractivity contribution is 5.40. The van der Waals surface area contributed by atoms with Gasteiger partial charge in [0.05, 0.1) is 6.10 Å². The minimum atomic E-state index is -1.16. The number of aliphatic hydroxyl groups excluding tert-OH is 2. The molecule has 0 aliphatic carbocycles. The van der Waals surface area contributed by atoms with Gasteiger partial charge in [0.1, 0.15) is 11.9 Å². The van der Waals surface area contributed by atoms with E-state index in [9.17, 15) is 15.3 Å². The molecular formula is C13H21NO3. The second kappa shape index (κ2) is 5.04. The molecule has 1 aromatic carbocycles. The molecule has 4 heteroatoms. The first-order valence-electron chi connectivity index (χ1n) is 5.67. The average molecular weight is 239 g/mol.